The van der Waals surface area contributed by atoms with E-state index in [1.807, 2.05) is 31.2 Å². The molecule has 0 aromatic heterocycles. The van der Waals surface area contributed by atoms with E-state index in [2.05, 4.69) is 6.07 Å². The molecule has 0 heterocycles. The molecule has 0 atom stereocenters. The zero-order chi connectivity index (χ0) is 15.1. The predicted molar refractivity (Wildman–Crippen MR) is 79.7 cm³/mol. The van der Waals surface area contributed by atoms with Crippen molar-refractivity contribution in [1.29, 1.82) is 5.26 Å². The number of benzene rings is 2. The average Bonchev–Trinajstić information content (AvgIpc) is 2.54. The van der Waals surface area contributed by atoms with E-state index in [1.165, 1.54) is 0 Å². The van der Waals surface area contributed by atoms with Crippen LogP contribution in [0.3, 0.4) is 0 Å². The fourth-order valence-corrected chi connectivity index (χ4v) is 1.92. The van der Waals surface area contributed by atoms with Crippen LogP contribution in [-0.4, -0.2) is 13.7 Å². The molecule has 2 rings (SSSR count). The average molecular weight is 283 g/mol. The first kappa shape index (κ1) is 14.7. The van der Waals surface area contributed by atoms with Gasteiger partial charge in [-0.25, -0.2) is 0 Å². The van der Waals surface area contributed by atoms with Crippen molar-refractivity contribution in [2.45, 2.75) is 13.5 Å². The second-order valence-electron chi connectivity index (χ2n) is 4.33. The van der Waals surface area contributed by atoms with E-state index in [9.17, 15) is 0 Å². The van der Waals surface area contributed by atoms with Crippen LogP contribution in [0, 0.1) is 11.3 Å². The molecule has 0 radical (unpaired) electrons. The maximum Gasteiger partial charge on any atom is 0.125 e. The Kier molecular flexibility index (Phi) is 5.05. The molecule has 108 valence electrons. The van der Waals surface area contributed by atoms with Gasteiger partial charge in [-0.3, -0.25) is 0 Å². The summed E-state index contributed by atoms with van der Waals surface area (Å²) in [6, 6.07) is 14.8. The van der Waals surface area contributed by atoms with Crippen LogP contribution in [0.25, 0.3) is 0 Å². The summed E-state index contributed by atoms with van der Waals surface area (Å²) < 4.78 is 16.4. The maximum absolute atomic E-state index is 8.95. The lowest BCUT2D eigenvalue weighted by atomic mass is 10.1. The first-order chi connectivity index (χ1) is 10.3. The Morgan fingerprint density at radius 3 is 2.24 bits per heavy atom. The van der Waals surface area contributed by atoms with Gasteiger partial charge in [0.2, 0.25) is 0 Å². The smallest absolute Gasteiger partial charge is 0.125 e. The molecule has 4 nitrogen and oxygen atoms in total. The van der Waals surface area contributed by atoms with Gasteiger partial charge in [-0.2, -0.15) is 5.26 Å². The van der Waals surface area contributed by atoms with Gasteiger partial charge in [-0.05, 0) is 49.4 Å². The van der Waals surface area contributed by atoms with Crippen LogP contribution in [0.1, 0.15) is 18.1 Å². The number of rotatable bonds is 6. The lowest BCUT2D eigenvalue weighted by molar-refractivity contribution is 0.295. The Labute approximate surface area is 124 Å². The summed E-state index contributed by atoms with van der Waals surface area (Å²) in [7, 11) is 1.60. The van der Waals surface area contributed by atoms with Crippen LogP contribution in [-0.2, 0) is 6.61 Å². The molecule has 0 fully saturated rings. The molecule has 0 bridgehead atoms. The van der Waals surface area contributed by atoms with Crippen molar-refractivity contribution in [1.82, 2.24) is 0 Å². The highest BCUT2D eigenvalue weighted by atomic mass is 16.5. The Hall–Kier alpha value is -2.67. The lowest BCUT2D eigenvalue weighted by Gasteiger charge is -2.11. The van der Waals surface area contributed by atoms with Gasteiger partial charge >= 0.3 is 0 Å². The predicted octanol–water partition coefficient (Wildman–Crippen LogP) is 3.54. The summed E-state index contributed by atoms with van der Waals surface area (Å²) in [6.45, 7) is 2.92. The monoisotopic (exact) mass is 283 g/mol. The zero-order valence-corrected chi connectivity index (χ0v) is 12.1. The van der Waals surface area contributed by atoms with Gasteiger partial charge in [0, 0.05) is 5.56 Å². The van der Waals surface area contributed by atoms with Crippen molar-refractivity contribution < 1.29 is 14.2 Å². The van der Waals surface area contributed by atoms with E-state index in [4.69, 9.17) is 19.5 Å². The maximum atomic E-state index is 8.95. The van der Waals surface area contributed by atoms with E-state index in [1.54, 1.807) is 25.3 Å². The number of methoxy groups -OCH3 is 1. The SMILES string of the molecule is CCOc1ccc(OCc2cc(C#N)ccc2OC)cc1. The minimum absolute atomic E-state index is 0.340. The topological polar surface area (TPSA) is 51.5 Å². The fourth-order valence-electron chi connectivity index (χ4n) is 1.92. The number of nitriles is 1. The molecule has 2 aromatic carbocycles. The Morgan fingerprint density at radius 1 is 1.00 bits per heavy atom. The van der Waals surface area contributed by atoms with Crippen molar-refractivity contribution in [3.05, 3.63) is 53.6 Å². The van der Waals surface area contributed by atoms with Gasteiger partial charge in [0.25, 0.3) is 0 Å². The Bertz CT molecular complexity index is 629. The molecular formula is C17H17NO3. The van der Waals surface area contributed by atoms with Crippen molar-refractivity contribution >= 4 is 0 Å². The van der Waals surface area contributed by atoms with E-state index in [0.29, 0.717) is 24.5 Å². The van der Waals surface area contributed by atoms with Crippen molar-refractivity contribution in [2.75, 3.05) is 13.7 Å². The Morgan fingerprint density at radius 2 is 1.67 bits per heavy atom. The summed E-state index contributed by atoms with van der Waals surface area (Å²) in [4.78, 5) is 0. The molecule has 0 aliphatic heterocycles. The number of nitrogens with zero attached hydrogens (tertiary/aromatic N) is 1. The quantitative estimate of drug-likeness (QED) is 0.813. The second-order valence-corrected chi connectivity index (χ2v) is 4.33. The van der Waals surface area contributed by atoms with Gasteiger partial charge in [-0.1, -0.05) is 0 Å². The van der Waals surface area contributed by atoms with E-state index >= 15 is 0 Å². The minimum Gasteiger partial charge on any atom is -0.496 e. The highest BCUT2D eigenvalue weighted by Crippen LogP contribution is 2.23. The van der Waals surface area contributed by atoms with Gasteiger partial charge < -0.3 is 14.2 Å². The first-order valence-corrected chi connectivity index (χ1v) is 6.69. The fraction of sp³-hybridized carbons (Fsp3) is 0.235. The molecule has 0 spiro atoms. The normalized spacial score (nSPS) is 9.76. The molecule has 0 amide bonds. The summed E-state index contributed by atoms with van der Waals surface area (Å²) >= 11 is 0. The standard InChI is InChI=1S/C17H17NO3/c1-3-20-15-5-7-16(8-6-15)21-12-14-10-13(11-18)4-9-17(14)19-2/h4-10H,3,12H2,1-2H3. The second kappa shape index (κ2) is 7.20. The van der Waals surface area contributed by atoms with Crippen molar-refractivity contribution in [2.24, 2.45) is 0 Å². The third-order valence-corrected chi connectivity index (χ3v) is 2.94. The van der Waals surface area contributed by atoms with Crippen LogP contribution >= 0.6 is 0 Å². The zero-order valence-electron chi connectivity index (χ0n) is 12.1. The van der Waals surface area contributed by atoms with E-state index in [-0.39, 0.29) is 0 Å². The summed E-state index contributed by atoms with van der Waals surface area (Å²) in [6.07, 6.45) is 0. The largest absolute Gasteiger partial charge is 0.496 e. The molecule has 0 saturated carbocycles. The van der Waals surface area contributed by atoms with Gasteiger partial charge in [-0.15, -0.1) is 0 Å². The summed E-state index contributed by atoms with van der Waals surface area (Å²) in [5, 5.41) is 8.95. The molecular weight excluding hydrogens is 266 g/mol. The molecule has 0 aliphatic rings. The molecule has 0 aliphatic carbocycles. The molecule has 4 heteroatoms. The lowest BCUT2D eigenvalue weighted by Crippen LogP contribution is -1.99. The summed E-state index contributed by atoms with van der Waals surface area (Å²) in [5.74, 6) is 2.26. The van der Waals surface area contributed by atoms with Crippen LogP contribution in [0.2, 0.25) is 0 Å². The highest BCUT2D eigenvalue weighted by Gasteiger charge is 2.06. The summed E-state index contributed by atoms with van der Waals surface area (Å²) in [5.41, 5.74) is 1.42. The van der Waals surface area contributed by atoms with Gasteiger partial charge in [0.1, 0.15) is 23.9 Å². The van der Waals surface area contributed by atoms with Gasteiger partial charge in [0.05, 0.1) is 25.3 Å². The third-order valence-electron chi connectivity index (χ3n) is 2.94. The molecule has 2 aromatic rings. The molecule has 0 N–H and O–H groups in total. The van der Waals surface area contributed by atoms with E-state index < -0.39 is 0 Å². The van der Waals surface area contributed by atoms with Crippen LogP contribution < -0.4 is 14.2 Å². The number of ether oxygens (including phenoxy) is 3. The molecule has 0 saturated heterocycles. The highest BCUT2D eigenvalue weighted by molar-refractivity contribution is 5.42. The van der Waals surface area contributed by atoms with Crippen LogP contribution in [0.5, 0.6) is 17.2 Å². The van der Waals surface area contributed by atoms with Crippen molar-refractivity contribution in [3.8, 4) is 23.3 Å². The van der Waals surface area contributed by atoms with Gasteiger partial charge in [0.15, 0.2) is 0 Å². The van der Waals surface area contributed by atoms with E-state index in [0.717, 1.165) is 17.1 Å². The first-order valence-electron chi connectivity index (χ1n) is 6.69. The Balaban J connectivity index is 2.07. The third kappa shape index (κ3) is 3.90. The van der Waals surface area contributed by atoms with Crippen molar-refractivity contribution in [3.63, 3.8) is 0 Å². The molecule has 21 heavy (non-hydrogen) atoms. The molecule has 0 unspecified atom stereocenters. The minimum atomic E-state index is 0.340. The van der Waals surface area contributed by atoms with Crippen LogP contribution in [0.15, 0.2) is 42.5 Å². The number of hydrogen-bond acceptors (Lipinski definition) is 4. The van der Waals surface area contributed by atoms with Crippen LogP contribution in [0.4, 0.5) is 0 Å². The number of hydrogen-bond donors (Lipinski definition) is 0.